The molecule has 0 bridgehead atoms. The second-order valence-electron chi connectivity index (χ2n) is 4.66. The number of hydrogen-bond donors (Lipinski definition) is 1. The third-order valence-electron chi connectivity index (χ3n) is 2.93. The Hall–Kier alpha value is -2.02. The second-order valence-corrected chi connectivity index (χ2v) is 6.62. The normalized spacial score (nSPS) is 13.0. The fraction of sp³-hybridized carbons (Fsp3) is 0.214. The number of sulfone groups is 1. The minimum absolute atomic E-state index is 0.0576. The van der Waals surface area contributed by atoms with E-state index in [0.717, 1.165) is 6.26 Å². The Morgan fingerprint density at radius 3 is 2.24 bits per heavy atom. The van der Waals surface area contributed by atoms with Gasteiger partial charge in [0.2, 0.25) is 0 Å². The Kier molecular flexibility index (Phi) is 4.22. The molecule has 1 N–H and O–H groups in total. The van der Waals surface area contributed by atoms with Crippen molar-refractivity contribution >= 4 is 15.5 Å². The molecule has 0 saturated heterocycles. The quantitative estimate of drug-likeness (QED) is 0.943. The van der Waals surface area contributed by atoms with Crippen LogP contribution in [0.25, 0.3) is 0 Å². The lowest BCUT2D eigenvalue weighted by molar-refractivity contribution is 0.544. The molecule has 0 saturated carbocycles. The summed E-state index contributed by atoms with van der Waals surface area (Å²) in [4.78, 5) is 3.80. The molecule has 0 spiro atoms. The average molecular weight is 312 g/mol. The van der Waals surface area contributed by atoms with Gasteiger partial charge in [0.25, 0.3) is 0 Å². The molecular formula is C14H14F2N2O2S. The molecule has 0 radical (unpaired) electrons. The highest BCUT2D eigenvalue weighted by molar-refractivity contribution is 7.90. The Morgan fingerprint density at radius 1 is 1.14 bits per heavy atom. The molecule has 1 heterocycles. The molecule has 0 aliphatic heterocycles. The van der Waals surface area contributed by atoms with E-state index in [2.05, 4.69) is 10.3 Å². The SMILES string of the molecule is CC(Nc1ccc(S(C)(=O)=O)nc1)c1c(F)cccc1F. The zero-order chi connectivity index (χ0) is 15.6. The fourth-order valence-electron chi connectivity index (χ4n) is 1.93. The fourth-order valence-corrected chi connectivity index (χ4v) is 2.49. The van der Waals surface area contributed by atoms with Gasteiger partial charge >= 0.3 is 0 Å². The Bertz CT molecular complexity index is 726. The summed E-state index contributed by atoms with van der Waals surface area (Å²) in [6.07, 6.45) is 2.37. The van der Waals surface area contributed by atoms with Gasteiger partial charge in [-0.2, -0.15) is 0 Å². The third kappa shape index (κ3) is 3.55. The van der Waals surface area contributed by atoms with Gasteiger partial charge in [0.1, 0.15) is 11.6 Å². The van der Waals surface area contributed by atoms with Crippen LogP contribution in [0.3, 0.4) is 0 Å². The lowest BCUT2D eigenvalue weighted by atomic mass is 10.1. The molecule has 1 aromatic carbocycles. The Labute approximate surface area is 121 Å². The van der Waals surface area contributed by atoms with Crippen LogP contribution in [-0.2, 0) is 9.84 Å². The Balaban J connectivity index is 2.22. The van der Waals surface area contributed by atoms with Crippen LogP contribution in [0.4, 0.5) is 14.5 Å². The highest BCUT2D eigenvalue weighted by atomic mass is 32.2. The van der Waals surface area contributed by atoms with Crippen molar-refractivity contribution in [1.82, 2.24) is 4.98 Å². The smallest absolute Gasteiger partial charge is 0.192 e. The van der Waals surface area contributed by atoms with Gasteiger partial charge < -0.3 is 5.32 Å². The molecule has 0 amide bonds. The molecule has 0 aliphatic carbocycles. The van der Waals surface area contributed by atoms with E-state index in [4.69, 9.17) is 0 Å². The zero-order valence-corrected chi connectivity index (χ0v) is 12.3. The average Bonchev–Trinajstić information content (AvgIpc) is 2.38. The van der Waals surface area contributed by atoms with Crippen LogP contribution in [0.1, 0.15) is 18.5 Å². The largest absolute Gasteiger partial charge is 0.377 e. The highest BCUT2D eigenvalue weighted by Gasteiger charge is 2.16. The molecule has 1 unspecified atom stereocenters. The van der Waals surface area contributed by atoms with E-state index in [1.54, 1.807) is 6.92 Å². The number of pyridine rings is 1. The van der Waals surface area contributed by atoms with Crippen LogP contribution in [0.15, 0.2) is 41.6 Å². The molecule has 4 nitrogen and oxygen atoms in total. The summed E-state index contributed by atoms with van der Waals surface area (Å²) in [5, 5.41) is 2.82. The number of hydrogen-bond acceptors (Lipinski definition) is 4. The summed E-state index contributed by atoms with van der Waals surface area (Å²) >= 11 is 0. The van der Waals surface area contributed by atoms with Crippen molar-refractivity contribution in [3.05, 3.63) is 53.7 Å². The van der Waals surface area contributed by atoms with Gasteiger partial charge in [-0.3, -0.25) is 0 Å². The van der Waals surface area contributed by atoms with Crippen molar-refractivity contribution in [1.29, 1.82) is 0 Å². The molecule has 0 aliphatic rings. The lowest BCUT2D eigenvalue weighted by Gasteiger charge is -2.17. The minimum Gasteiger partial charge on any atom is -0.377 e. The number of aromatic nitrogens is 1. The van der Waals surface area contributed by atoms with Crippen molar-refractivity contribution in [2.45, 2.75) is 18.0 Å². The van der Waals surface area contributed by atoms with Crippen LogP contribution in [0, 0.1) is 11.6 Å². The summed E-state index contributed by atoms with van der Waals surface area (Å²) in [6.45, 7) is 1.60. The lowest BCUT2D eigenvalue weighted by Crippen LogP contribution is -2.11. The van der Waals surface area contributed by atoms with Gasteiger partial charge in [0, 0.05) is 11.8 Å². The first-order valence-electron chi connectivity index (χ1n) is 6.15. The first-order chi connectivity index (χ1) is 9.79. The van der Waals surface area contributed by atoms with Gasteiger partial charge in [-0.25, -0.2) is 22.2 Å². The van der Waals surface area contributed by atoms with Gasteiger partial charge in [0.15, 0.2) is 14.9 Å². The van der Waals surface area contributed by atoms with E-state index >= 15 is 0 Å². The molecule has 21 heavy (non-hydrogen) atoms. The number of benzene rings is 1. The number of anilines is 1. The molecule has 7 heteroatoms. The first-order valence-corrected chi connectivity index (χ1v) is 8.04. The molecule has 112 valence electrons. The van der Waals surface area contributed by atoms with Gasteiger partial charge in [-0.1, -0.05) is 6.07 Å². The predicted octanol–water partition coefficient (Wildman–Crippen LogP) is 2.94. The second kappa shape index (κ2) is 5.77. The first kappa shape index (κ1) is 15.4. The van der Waals surface area contributed by atoms with Crippen LogP contribution in [-0.4, -0.2) is 19.7 Å². The zero-order valence-electron chi connectivity index (χ0n) is 11.5. The molecule has 1 aromatic heterocycles. The topological polar surface area (TPSA) is 59.1 Å². The number of halogens is 2. The van der Waals surface area contributed by atoms with E-state index < -0.39 is 27.5 Å². The molecule has 2 aromatic rings. The van der Waals surface area contributed by atoms with Crippen molar-refractivity contribution in [2.75, 3.05) is 11.6 Å². The van der Waals surface area contributed by atoms with Crippen LogP contribution in [0.5, 0.6) is 0 Å². The van der Waals surface area contributed by atoms with Crippen LogP contribution >= 0.6 is 0 Å². The summed E-state index contributed by atoms with van der Waals surface area (Å²) in [7, 11) is -3.37. The monoisotopic (exact) mass is 312 g/mol. The molecule has 2 rings (SSSR count). The molecule has 0 fully saturated rings. The van der Waals surface area contributed by atoms with Crippen molar-refractivity contribution in [3.8, 4) is 0 Å². The van der Waals surface area contributed by atoms with E-state index in [1.165, 1.54) is 36.5 Å². The minimum atomic E-state index is -3.37. The van der Waals surface area contributed by atoms with Crippen LogP contribution in [0.2, 0.25) is 0 Å². The van der Waals surface area contributed by atoms with Crippen LogP contribution < -0.4 is 5.32 Å². The number of nitrogens with one attached hydrogen (secondary N) is 1. The Morgan fingerprint density at radius 2 is 1.76 bits per heavy atom. The maximum absolute atomic E-state index is 13.6. The van der Waals surface area contributed by atoms with Gasteiger partial charge in [0.05, 0.1) is 17.9 Å². The summed E-state index contributed by atoms with van der Waals surface area (Å²) < 4.78 is 49.9. The van der Waals surface area contributed by atoms with E-state index in [0.29, 0.717) is 5.69 Å². The highest BCUT2D eigenvalue weighted by Crippen LogP contribution is 2.24. The predicted molar refractivity (Wildman–Crippen MR) is 75.7 cm³/mol. The van der Waals surface area contributed by atoms with Crippen molar-refractivity contribution < 1.29 is 17.2 Å². The van der Waals surface area contributed by atoms with Crippen molar-refractivity contribution in [3.63, 3.8) is 0 Å². The summed E-state index contributed by atoms with van der Waals surface area (Å²) in [5.74, 6) is -1.29. The number of nitrogens with zero attached hydrogens (tertiary/aromatic N) is 1. The maximum Gasteiger partial charge on any atom is 0.192 e. The van der Waals surface area contributed by atoms with Crippen molar-refractivity contribution in [2.24, 2.45) is 0 Å². The van der Waals surface area contributed by atoms with Gasteiger partial charge in [-0.15, -0.1) is 0 Å². The third-order valence-corrected chi connectivity index (χ3v) is 3.93. The standard InChI is InChI=1S/C14H14F2N2O2S/c1-9(14-11(15)4-3-5-12(14)16)18-10-6-7-13(17-8-10)21(2,19)20/h3-9,18H,1-2H3. The molecule has 1 atom stereocenters. The summed E-state index contributed by atoms with van der Waals surface area (Å²) in [5.41, 5.74) is 0.391. The van der Waals surface area contributed by atoms with E-state index in [9.17, 15) is 17.2 Å². The van der Waals surface area contributed by atoms with E-state index in [-0.39, 0.29) is 10.6 Å². The maximum atomic E-state index is 13.6. The van der Waals surface area contributed by atoms with E-state index in [1.807, 2.05) is 0 Å². The summed E-state index contributed by atoms with van der Waals surface area (Å²) in [6, 6.07) is 5.87. The number of rotatable bonds is 4. The molecular weight excluding hydrogens is 298 g/mol. The van der Waals surface area contributed by atoms with Gasteiger partial charge in [-0.05, 0) is 31.2 Å².